The Labute approximate surface area is 159 Å². The molecule has 0 spiro atoms. The SMILES string of the molecule is COc1ccc([O-])c(C=NCCSCCc2ccccn2)c1.[Cl][Co+]. The van der Waals surface area contributed by atoms with Crippen LogP contribution in [0.1, 0.15) is 11.3 Å². The fourth-order valence-corrected chi connectivity index (χ4v) is 2.65. The molecule has 24 heavy (non-hydrogen) atoms. The number of rotatable bonds is 8. The van der Waals surface area contributed by atoms with E-state index in [9.17, 15) is 5.11 Å². The van der Waals surface area contributed by atoms with Crippen molar-refractivity contribution < 1.29 is 24.7 Å². The number of nitrogens with zero attached hydrogens (tertiary/aromatic N) is 2. The topological polar surface area (TPSA) is 57.5 Å². The molecular weight excluding hydrogens is 391 g/mol. The van der Waals surface area contributed by atoms with Gasteiger partial charge < -0.3 is 9.84 Å². The van der Waals surface area contributed by atoms with E-state index in [1.807, 2.05) is 36.2 Å². The average molecular weight is 410 g/mol. The predicted molar refractivity (Wildman–Crippen MR) is 96.0 cm³/mol. The van der Waals surface area contributed by atoms with Crippen LogP contribution in [0.3, 0.4) is 0 Å². The summed E-state index contributed by atoms with van der Waals surface area (Å²) < 4.78 is 5.10. The second-order valence-electron chi connectivity index (χ2n) is 4.62. The van der Waals surface area contributed by atoms with E-state index in [0.29, 0.717) is 17.9 Å². The number of ether oxygens (including phenoxy) is 1. The Kier molecular flexibility index (Phi) is 11.4. The van der Waals surface area contributed by atoms with Crippen LogP contribution < -0.4 is 9.84 Å². The van der Waals surface area contributed by atoms with Crippen LogP contribution in [-0.4, -0.2) is 36.4 Å². The second kappa shape index (κ2) is 13.1. The molecule has 0 atom stereocenters. The van der Waals surface area contributed by atoms with Gasteiger partial charge >= 0.3 is 25.0 Å². The van der Waals surface area contributed by atoms with Crippen molar-refractivity contribution >= 4 is 28.1 Å². The summed E-state index contributed by atoms with van der Waals surface area (Å²) in [6, 6.07) is 10.8. The molecule has 1 aromatic heterocycles. The third-order valence-corrected chi connectivity index (χ3v) is 4.00. The van der Waals surface area contributed by atoms with Gasteiger partial charge in [-0.2, -0.15) is 11.8 Å². The van der Waals surface area contributed by atoms with E-state index in [4.69, 9.17) is 4.74 Å². The van der Waals surface area contributed by atoms with E-state index in [2.05, 4.69) is 35.0 Å². The summed E-state index contributed by atoms with van der Waals surface area (Å²) in [6.07, 6.45) is 4.42. The second-order valence-corrected chi connectivity index (χ2v) is 5.85. The van der Waals surface area contributed by atoms with Gasteiger partial charge in [-0.25, -0.2) is 0 Å². The molecule has 0 radical (unpaired) electrons. The summed E-state index contributed by atoms with van der Waals surface area (Å²) in [5.41, 5.74) is 1.68. The third-order valence-electron chi connectivity index (χ3n) is 3.04. The van der Waals surface area contributed by atoms with Crippen LogP contribution in [0.15, 0.2) is 47.6 Å². The van der Waals surface area contributed by atoms with Crippen molar-refractivity contribution in [3.8, 4) is 11.5 Å². The maximum atomic E-state index is 11.7. The van der Waals surface area contributed by atoms with Gasteiger partial charge in [0.25, 0.3) is 0 Å². The molecule has 1 heterocycles. The number of halogens is 1. The van der Waals surface area contributed by atoms with Crippen molar-refractivity contribution in [3.05, 3.63) is 53.9 Å². The van der Waals surface area contributed by atoms with E-state index in [1.54, 1.807) is 25.5 Å². The van der Waals surface area contributed by atoms with E-state index in [1.165, 1.54) is 6.07 Å². The monoisotopic (exact) mass is 409 g/mol. The Morgan fingerprint density at radius 2 is 2.12 bits per heavy atom. The number of thioether (sulfide) groups is 1. The molecule has 1 aromatic carbocycles. The first-order valence-corrected chi connectivity index (χ1v) is 9.83. The van der Waals surface area contributed by atoms with Gasteiger partial charge in [0, 0.05) is 30.4 Å². The molecule has 0 amide bonds. The normalized spacial score (nSPS) is 10.3. The number of aryl methyl sites for hydroxylation is 1. The molecule has 2 rings (SSSR count). The molecule has 4 nitrogen and oxygen atoms in total. The number of methoxy groups -OCH3 is 1. The molecule has 0 unspecified atom stereocenters. The Morgan fingerprint density at radius 3 is 2.83 bits per heavy atom. The van der Waals surface area contributed by atoms with Crippen LogP contribution in [0.25, 0.3) is 0 Å². The summed E-state index contributed by atoms with van der Waals surface area (Å²) in [6.45, 7) is 0.698. The third kappa shape index (κ3) is 8.05. The first kappa shape index (κ1) is 20.8. The number of aromatic nitrogens is 1. The zero-order valence-electron chi connectivity index (χ0n) is 13.3. The number of benzene rings is 1. The number of hydrogen-bond acceptors (Lipinski definition) is 5. The quantitative estimate of drug-likeness (QED) is 0.496. The van der Waals surface area contributed by atoms with Gasteiger partial charge in [0.15, 0.2) is 0 Å². The number of aliphatic imine (C=N–C) groups is 1. The zero-order valence-corrected chi connectivity index (χ0v) is 15.9. The summed E-state index contributed by atoms with van der Waals surface area (Å²) in [5, 5.41) is 11.7. The molecular formula is C17H19ClCoN2O2S. The summed E-state index contributed by atoms with van der Waals surface area (Å²) in [4.78, 5) is 8.59. The van der Waals surface area contributed by atoms with E-state index >= 15 is 0 Å². The molecule has 0 aliphatic rings. The summed E-state index contributed by atoms with van der Waals surface area (Å²) in [7, 11) is 5.91. The Morgan fingerprint density at radius 1 is 1.29 bits per heavy atom. The van der Waals surface area contributed by atoms with Crippen molar-refractivity contribution in [3.63, 3.8) is 0 Å². The first-order chi connectivity index (χ1) is 11.8. The Balaban J connectivity index is 0.00000139. The average Bonchev–Trinajstić information content (AvgIpc) is 2.65. The van der Waals surface area contributed by atoms with Crippen molar-refractivity contribution in [1.29, 1.82) is 0 Å². The molecule has 0 saturated heterocycles. The summed E-state index contributed by atoms with van der Waals surface area (Å²) >= 11 is 4.87. The van der Waals surface area contributed by atoms with Gasteiger partial charge in [-0.3, -0.25) is 9.98 Å². The standard InChI is InChI=1S/C17H20N2O2S.ClH.Co/c1-21-16-5-6-17(20)14(12-16)13-18-9-11-22-10-7-15-4-2-3-8-19-15;;/h2-6,8,12-13,20H,7,9-11H2,1H3;1H;/q;;+2/p-2. The molecule has 0 aliphatic heterocycles. The predicted octanol–water partition coefficient (Wildman–Crippen LogP) is 3.25. The van der Waals surface area contributed by atoms with Crippen LogP contribution in [0, 0.1) is 0 Å². The first-order valence-electron chi connectivity index (χ1n) is 7.25. The van der Waals surface area contributed by atoms with Crippen molar-refractivity contribution in [2.24, 2.45) is 4.99 Å². The van der Waals surface area contributed by atoms with Crippen molar-refractivity contribution in [1.82, 2.24) is 4.98 Å². The molecule has 0 bridgehead atoms. The molecule has 0 fully saturated rings. The van der Waals surface area contributed by atoms with Crippen LogP contribution >= 0.6 is 21.9 Å². The fourth-order valence-electron chi connectivity index (χ4n) is 1.86. The zero-order chi connectivity index (χ0) is 17.6. The molecule has 7 heteroatoms. The van der Waals surface area contributed by atoms with Gasteiger partial charge in [0.2, 0.25) is 0 Å². The van der Waals surface area contributed by atoms with E-state index in [0.717, 1.165) is 23.6 Å². The van der Waals surface area contributed by atoms with Gasteiger partial charge in [0.1, 0.15) is 5.75 Å². The summed E-state index contributed by atoms with van der Waals surface area (Å²) in [5.74, 6) is 2.60. The van der Waals surface area contributed by atoms with E-state index in [-0.39, 0.29) is 5.75 Å². The van der Waals surface area contributed by atoms with Crippen LogP contribution in [0.5, 0.6) is 11.5 Å². The van der Waals surface area contributed by atoms with Gasteiger partial charge in [-0.05, 0) is 42.0 Å². The van der Waals surface area contributed by atoms with Crippen molar-refractivity contribution in [2.45, 2.75) is 6.42 Å². The minimum absolute atomic E-state index is 0.0349. The molecule has 2 aromatic rings. The van der Waals surface area contributed by atoms with E-state index < -0.39 is 0 Å². The minimum atomic E-state index is -0.0349. The molecule has 0 aliphatic carbocycles. The molecule has 0 saturated carbocycles. The fraction of sp³-hybridized carbons (Fsp3) is 0.294. The van der Waals surface area contributed by atoms with Gasteiger partial charge in [-0.15, -0.1) is 0 Å². The molecule has 0 N–H and O–H groups in total. The maximum absolute atomic E-state index is 11.7. The van der Waals surface area contributed by atoms with Gasteiger partial charge in [-0.1, -0.05) is 17.9 Å². The number of pyridine rings is 1. The Hall–Kier alpha value is -1.21. The van der Waals surface area contributed by atoms with Gasteiger partial charge in [0.05, 0.1) is 7.11 Å². The Bertz CT molecular complexity index is 615. The molecule has 131 valence electrons. The van der Waals surface area contributed by atoms with Crippen LogP contribution in [0.2, 0.25) is 0 Å². The number of hydrogen-bond donors (Lipinski definition) is 0. The van der Waals surface area contributed by atoms with Crippen LogP contribution in [-0.2, 0) is 21.3 Å². The van der Waals surface area contributed by atoms with Crippen LogP contribution in [0.4, 0.5) is 0 Å². The van der Waals surface area contributed by atoms with Crippen molar-refractivity contribution in [2.75, 3.05) is 25.2 Å².